The minimum atomic E-state index is -0.372. The van der Waals surface area contributed by atoms with Gasteiger partial charge in [-0.05, 0) is 33.1 Å². The van der Waals surface area contributed by atoms with E-state index >= 15 is 0 Å². The number of hydrogen-bond acceptors (Lipinski definition) is 3. The summed E-state index contributed by atoms with van der Waals surface area (Å²) in [5, 5.41) is 12.1. The van der Waals surface area contributed by atoms with Gasteiger partial charge in [-0.25, -0.2) is 0 Å². The maximum Gasteiger partial charge on any atom is 0.225 e. The molecule has 1 amide bonds. The van der Waals surface area contributed by atoms with E-state index in [2.05, 4.69) is 5.32 Å². The molecule has 0 saturated carbocycles. The third kappa shape index (κ3) is 4.62. The molecule has 1 fully saturated rings. The Kier molecular flexibility index (Phi) is 5.05. The van der Waals surface area contributed by atoms with Crippen molar-refractivity contribution in [3.63, 3.8) is 0 Å². The molecule has 1 rings (SSSR count). The quantitative estimate of drug-likeness (QED) is 0.725. The van der Waals surface area contributed by atoms with E-state index < -0.39 is 0 Å². The standard InChI is InChI=1S/C11H21NO3/c1-8(6-9(2)13)12-11(14)10-4-3-5-15-7-10/h8-10,13H,3-7H2,1-2H3,(H,12,14). The predicted molar refractivity (Wildman–Crippen MR) is 57.4 cm³/mol. The Morgan fingerprint density at radius 3 is 2.87 bits per heavy atom. The minimum Gasteiger partial charge on any atom is -0.393 e. The minimum absolute atomic E-state index is 0.00445. The summed E-state index contributed by atoms with van der Waals surface area (Å²) in [6, 6.07) is 0.0272. The molecule has 3 atom stereocenters. The van der Waals surface area contributed by atoms with E-state index in [1.54, 1.807) is 6.92 Å². The van der Waals surface area contributed by atoms with E-state index in [-0.39, 0.29) is 24.0 Å². The molecule has 0 aromatic heterocycles. The fraction of sp³-hybridized carbons (Fsp3) is 0.909. The molecule has 3 unspecified atom stereocenters. The van der Waals surface area contributed by atoms with Crippen LogP contribution >= 0.6 is 0 Å². The molecule has 0 aromatic rings. The molecule has 0 aromatic carbocycles. The molecule has 88 valence electrons. The Balaban J connectivity index is 2.27. The lowest BCUT2D eigenvalue weighted by Crippen LogP contribution is -2.41. The van der Waals surface area contributed by atoms with Crippen LogP contribution in [-0.4, -0.2) is 36.4 Å². The van der Waals surface area contributed by atoms with Crippen LogP contribution in [0.3, 0.4) is 0 Å². The number of hydrogen-bond donors (Lipinski definition) is 2. The fourth-order valence-electron chi connectivity index (χ4n) is 1.88. The summed E-state index contributed by atoms with van der Waals surface area (Å²) in [7, 11) is 0. The molecule has 0 spiro atoms. The Labute approximate surface area is 91.0 Å². The van der Waals surface area contributed by atoms with Crippen molar-refractivity contribution < 1.29 is 14.6 Å². The summed E-state index contributed by atoms with van der Waals surface area (Å²) in [4.78, 5) is 11.7. The first-order chi connectivity index (χ1) is 7.09. The van der Waals surface area contributed by atoms with Crippen molar-refractivity contribution in [3.8, 4) is 0 Å². The Hall–Kier alpha value is -0.610. The highest BCUT2D eigenvalue weighted by molar-refractivity contribution is 5.79. The van der Waals surface area contributed by atoms with Gasteiger partial charge >= 0.3 is 0 Å². The number of carbonyl (C=O) groups excluding carboxylic acids is 1. The van der Waals surface area contributed by atoms with Gasteiger partial charge in [-0.2, -0.15) is 0 Å². The van der Waals surface area contributed by atoms with E-state index in [1.807, 2.05) is 6.92 Å². The second-order valence-corrected chi connectivity index (χ2v) is 4.41. The first-order valence-corrected chi connectivity index (χ1v) is 5.65. The number of amides is 1. The molecular weight excluding hydrogens is 194 g/mol. The van der Waals surface area contributed by atoms with Crippen molar-refractivity contribution in [3.05, 3.63) is 0 Å². The van der Waals surface area contributed by atoms with Crippen molar-refractivity contribution in [2.75, 3.05) is 13.2 Å². The maximum absolute atomic E-state index is 11.7. The molecule has 1 aliphatic rings. The molecule has 0 aliphatic carbocycles. The van der Waals surface area contributed by atoms with E-state index in [9.17, 15) is 9.90 Å². The number of aliphatic hydroxyl groups is 1. The van der Waals surface area contributed by atoms with Crippen LogP contribution in [0.15, 0.2) is 0 Å². The number of carbonyl (C=O) groups is 1. The van der Waals surface area contributed by atoms with Crippen LogP contribution in [0.2, 0.25) is 0 Å². The smallest absolute Gasteiger partial charge is 0.225 e. The third-order valence-corrected chi connectivity index (χ3v) is 2.61. The SMILES string of the molecule is CC(O)CC(C)NC(=O)C1CCCOC1. The predicted octanol–water partition coefficient (Wildman–Crippen LogP) is 0.689. The topological polar surface area (TPSA) is 58.6 Å². The van der Waals surface area contributed by atoms with E-state index in [0.717, 1.165) is 19.4 Å². The molecule has 1 saturated heterocycles. The molecule has 2 N–H and O–H groups in total. The molecule has 1 aliphatic heterocycles. The summed E-state index contributed by atoms with van der Waals surface area (Å²) in [5.74, 6) is 0.0537. The molecule has 0 radical (unpaired) electrons. The monoisotopic (exact) mass is 215 g/mol. The molecule has 1 heterocycles. The summed E-state index contributed by atoms with van der Waals surface area (Å²) >= 11 is 0. The molecular formula is C11H21NO3. The summed E-state index contributed by atoms with van der Waals surface area (Å²) < 4.78 is 5.26. The van der Waals surface area contributed by atoms with Gasteiger partial charge in [-0.1, -0.05) is 0 Å². The zero-order chi connectivity index (χ0) is 11.3. The van der Waals surface area contributed by atoms with Gasteiger partial charge in [-0.15, -0.1) is 0 Å². The summed E-state index contributed by atoms with van der Waals surface area (Å²) in [6.07, 6.45) is 2.10. The van der Waals surface area contributed by atoms with Gasteiger partial charge in [0.2, 0.25) is 5.91 Å². The van der Waals surface area contributed by atoms with Crippen molar-refractivity contribution in [1.29, 1.82) is 0 Å². The Bertz CT molecular complexity index is 200. The molecule has 4 nitrogen and oxygen atoms in total. The number of rotatable bonds is 4. The fourth-order valence-corrected chi connectivity index (χ4v) is 1.88. The van der Waals surface area contributed by atoms with Crippen LogP contribution in [-0.2, 0) is 9.53 Å². The van der Waals surface area contributed by atoms with Gasteiger partial charge in [0.1, 0.15) is 0 Å². The van der Waals surface area contributed by atoms with E-state index in [1.165, 1.54) is 0 Å². The molecule has 4 heteroatoms. The number of nitrogens with one attached hydrogen (secondary N) is 1. The van der Waals surface area contributed by atoms with E-state index in [0.29, 0.717) is 13.0 Å². The average Bonchev–Trinajstić information content (AvgIpc) is 2.17. The van der Waals surface area contributed by atoms with E-state index in [4.69, 9.17) is 4.74 Å². The highest BCUT2D eigenvalue weighted by Crippen LogP contribution is 2.13. The van der Waals surface area contributed by atoms with Crippen LogP contribution in [0, 0.1) is 5.92 Å². The van der Waals surface area contributed by atoms with Gasteiger partial charge < -0.3 is 15.2 Å². The number of ether oxygens (including phenoxy) is 1. The summed E-state index contributed by atoms with van der Waals surface area (Å²) in [5.41, 5.74) is 0. The maximum atomic E-state index is 11.7. The van der Waals surface area contributed by atoms with Crippen LogP contribution < -0.4 is 5.32 Å². The lowest BCUT2D eigenvalue weighted by Gasteiger charge is -2.23. The van der Waals surface area contributed by atoms with Gasteiger partial charge in [0.15, 0.2) is 0 Å². The van der Waals surface area contributed by atoms with Crippen molar-refractivity contribution in [1.82, 2.24) is 5.32 Å². The highest BCUT2D eigenvalue weighted by Gasteiger charge is 2.22. The van der Waals surface area contributed by atoms with Crippen LogP contribution in [0.25, 0.3) is 0 Å². The van der Waals surface area contributed by atoms with Crippen LogP contribution in [0.4, 0.5) is 0 Å². The van der Waals surface area contributed by atoms with Crippen LogP contribution in [0.5, 0.6) is 0 Å². The Morgan fingerprint density at radius 2 is 2.33 bits per heavy atom. The first-order valence-electron chi connectivity index (χ1n) is 5.65. The van der Waals surface area contributed by atoms with Gasteiger partial charge in [0.05, 0.1) is 18.6 Å². The average molecular weight is 215 g/mol. The van der Waals surface area contributed by atoms with Crippen molar-refractivity contribution in [2.24, 2.45) is 5.92 Å². The molecule has 0 bridgehead atoms. The normalized spacial score (nSPS) is 25.7. The zero-order valence-electron chi connectivity index (χ0n) is 9.53. The van der Waals surface area contributed by atoms with Crippen LogP contribution in [0.1, 0.15) is 33.1 Å². The third-order valence-electron chi connectivity index (χ3n) is 2.61. The van der Waals surface area contributed by atoms with Crippen molar-refractivity contribution in [2.45, 2.75) is 45.3 Å². The summed E-state index contributed by atoms with van der Waals surface area (Å²) in [6.45, 7) is 4.95. The second kappa shape index (κ2) is 6.08. The Morgan fingerprint density at radius 1 is 1.60 bits per heavy atom. The van der Waals surface area contributed by atoms with Gasteiger partial charge in [-0.3, -0.25) is 4.79 Å². The zero-order valence-corrected chi connectivity index (χ0v) is 9.53. The van der Waals surface area contributed by atoms with Gasteiger partial charge in [0, 0.05) is 12.6 Å². The highest BCUT2D eigenvalue weighted by atomic mass is 16.5. The number of aliphatic hydroxyl groups excluding tert-OH is 1. The molecule has 15 heavy (non-hydrogen) atoms. The second-order valence-electron chi connectivity index (χ2n) is 4.41. The van der Waals surface area contributed by atoms with Crippen molar-refractivity contribution >= 4 is 5.91 Å². The first kappa shape index (κ1) is 12.5. The largest absolute Gasteiger partial charge is 0.393 e. The van der Waals surface area contributed by atoms with Gasteiger partial charge in [0.25, 0.3) is 0 Å². The lowest BCUT2D eigenvalue weighted by atomic mass is 10.0. The lowest BCUT2D eigenvalue weighted by molar-refractivity contribution is -0.129.